The molecule has 4 rings (SSSR count). The smallest absolute Gasteiger partial charge is 0.125 e. The van der Waals surface area contributed by atoms with Gasteiger partial charge in [-0.2, -0.15) is 0 Å². The Bertz CT molecular complexity index is 793. The Labute approximate surface area is 126 Å². The summed E-state index contributed by atoms with van der Waals surface area (Å²) in [5.74, 6) is 1.09. The first-order chi connectivity index (χ1) is 9.63. The van der Waals surface area contributed by atoms with Crippen molar-refractivity contribution in [3.8, 4) is 5.75 Å². The van der Waals surface area contributed by atoms with Crippen LogP contribution in [0.5, 0.6) is 5.75 Å². The minimum Gasteiger partial charge on any atom is -0.493 e. The lowest BCUT2D eigenvalue weighted by Crippen LogP contribution is -2.04. The number of hydrogen-bond donors (Lipinski definition) is 1. The third-order valence-corrected chi connectivity index (χ3v) is 4.81. The molecule has 1 aliphatic rings. The number of aromatic amines is 1. The molecule has 0 bridgehead atoms. The molecule has 2 aromatic carbocycles. The molecule has 1 aliphatic carbocycles. The van der Waals surface area contributed by atoms with Crippen LogP contribution in [0.3, 0.4) is 0 Å². The Balaban J connectivity index is 1.63. The second kappa shape index (κ2) is 4.31. The predicted octanol–water partition coefficient (Wildman–Crippen LogP) is 4.89. The molecule has 4 heteroatoms. The van der Waals surface area contributed by atoms with E-state index in [2.05, 4.69) is 23.2 Å². The van der Waals surface area contributed by atoms with Crippen molar-refractivity contribution in [2.24, 2.45) is 5.92 Å². The van der Waals surface area contributed by atoms with Crippen LogP contribution in [-0.2, 0) is 0 Å². The summed E-state index contributed by atoms with van der Waals surface area (Å²) >= 11 is 12.0. The highest BCUT2D eigenvalue weighted by Crippen LogP contribution is 2.53. The van der Waals surface area contributed by atoms with E-state index in [0.29, 0.717) is 6.61 Å². The molecule has 1 N–H and O–H groups in total. The van der Waals surface area contributed by atoms with Crippen molar-refractivity contribution >= 4 is 45.0 Å². The second-order valence-electron chi connectivity index (χ2n) is 5.35. The molecule has 1 heterocycles. The lowest BCUT2D eigenvalue weighted by molar-refractivity contribution is 0.299. The number of para-hydroxylation sites is 1. The zero-order valence-corrected chi connectivity index (χ0v) is 12.2. The Morgan fingerprint density at radius 2 is 1.85 bits per heavy atom. The lowest BCUT2D eigenvalue weighted by Gasteiger charge is -2.06. The summed E-state index contributed by atoms with van der Waals surface area (Å²) < 4.78 is 5.20. The van der Waals surface area contributed by atoms with Gasteiger partial charge in [-0.25, -0.2) is 0 Å². The minimum absolute atomic E-state index is 0.240. The molecule has 1 atom stereocenters. The van der Waals surface area contributed by atoms with E-state index in [1.165, 1.54) is 10.8 Å². The number of aromatic nitrogens is 1. The summed E-state index contributed by atoms with van der Waals surface area (Å²) in [5, 5.41) is 2.44. The number of halogens is 2. The van der Waals surface area contributed by atoms with Gasteiger partial charge in [0.1, 0.15) is 10.1 Å². The van der Waals surface area contributed by atoms with E-state index in [4.69, 9.17) is 27.9 Å². The molecular weight excluding hydrogens is 293 g/mol. The van der Waals surface area contributed by atoms with Gasteiger partial charge in [0.05, 0.1) is 12.1 Å². The van der Waals surface area contributed by atoms with Gasteiger partial charge in [-0.1, -0.05) is 18.2 Å². The zero-order valence-electron chi connectivity index (χ0n) is 10.7. The normalized spacial score (nSPS) is 20.4. The van der Waals surface area contributed by atoms with Crippen LogP contribution in [0.2, 0.25) is 0 Å². The van der Waals surface area contributed by atoms with Crippen LogP contribution in [0.15, 0.2) is 42.5 Å². The Hall–Kier alpha value is -1.38. The quantitative estimate of drug-likeness (QED) is 0.684. The van der Waals surface area contributed by atoms with E-state index in [1.807, 2.05) is 24.3 Å². The maximum Gasteiger partial charge on any atom is 0.125 e. The highest BCUT2D eigenvalue weighted by Gasteiger charge is 2.52. The zero-order chi connectivity index (χ0) is 13.7. The average molecular weight is 306 g/mol. The second-order valence-corrected chi connectivity index (χ2v) is 6.89. The Morgan fingerprint density at radius 1 is 1.10 bits per heavy atom. The Morgan fingerprint density at radius 3 is 2.65 bits per heavy atom. The average Bonchev–Trinajstić information content (AvgIpc) is 2.90. The van der Waals surface area contributed by atoms with E-state index in [1.54, 1.807) is 0 Å². The van der Waals surface area contributed by atoms with Crippen molar-refractivity contribution < 1.29 is 4.74 Å². The van der Waals surface area contributed by atoms with Crippen LogP contribution in [0.4, 0.5) is 0 Å². The first-order valence-electron chi connectivity index (χ1n) is 6.64. The molecule has 3 aromatic rings. The molecule has 20 heavy (non-hydrogen) atoms. The van der Waals surface area contributed by atoms with Crippen molar-refractivity contribution in [2.45, 2.75) is 10.8 Å². The summed E-state index contributed by atoms with van der Waals surface area (Å²) in [7, 11) is 0. The molecule has 1 saturated carbocycles. The van der Waals surface area contributed by atoms with Gasteiger partial charge in [0.15, 0.2) is 0 Å². The third kappa shape index (κ3) is 2.04. The van der Waals surface area contributed by atoms with Crippen molar-refractivity contribution in [3.05, 3.63) is 42.5 Å². The summed E-state index contributed by atoms with van der Waals surface area (Å²) in [5.41, 5.74) is 2.23. The number of benzene rings is 2. The van der Waals surface area contributed by atoms with Gasteiger partial charge in [-0.05, 0) is 24.6 Å². The predicted molar refractivity (Wildman–Crippen MR) is 83.8 cm³/mol. The lowest BCUT2D eigenvalue weighted by atomic mass is 10.1. The molecule has 2 nitrogen and oxygen atoms in total. The van der Waals surface area contributed by atoms with Crippen molar-refractivity contribution in [1.29, 1.82) is 0 Å². The molecule has 0 amide bonds. The van der Waals surface area contributed by atoms with Crippen LogP contribution in [-0.4, -0.2) is 15.9 Å². The number of H-pyrrole nitrogens is 1. The van der Waals surface area contributed by atoms with Gasteiger partial charge in [0, 0.05) is 28.3 Å². The van der Waals surface area contributed by atoms with Crippen molar-refractivity contribution in [3.63, 3.8) is 0 Å². The minimum atomic E-state index is -0.578. The highest BCUT2D eigenvalue weighted by molar-refractivity contribution is 6.50. The number of fused-ring (bicyclic) bond motifs is 3. The summed E-state index contributed by atoms with van der Waals surface area (Å²) in [6.45, 7) is 0.568. The molecular formula is C16H13Cl2NO. The van der Waals surface area contributed by atoms with Crippen LogP contribution in [0, 0.1) is 5.92 Å². The molecule has 102 valence electrons. The number of rotatable bonds is 3. The number of nitrogens with one attached hydrogen (secondary N) is 1. The maximum absolute atomic E-state index is 6.00. The fourth-order valence-corrected chi connectivity index (χ4v) is 3.07. The first kappa shape index (κ1) is 12.4. The summed E-state index contributed by atoms with van der Waals surface area (Å²) in [6, 6.07) is 14.4. The van der Waals surface area contributed by atoms with E-state index in [0.717, 1.165) is 23.2 Å². The number of alkyl halides is 2. The van der Waals surface area contributed by atoms with Gasteiger partial charge < -0.3 is 9.72 Å². The third-order valence-electron chi connectivity index (χ3n) is 3.88. The standard InChI is InChI=1S/C16H13Cl2NO/c17-16(18)8-10(16)9-20-11-5-6-13-12-3-1-2-4-14(12)19-15(13)7-11/h1-7,10,19H,8-9H2/t10-/m1/s1. The summed E-state index contributed by atoms with van der Waals surface area (Å²) in [4.78, 5) is 3.41. The first-order valence-corrected chi connectivity index (χ1v) is 7.40. The van der Waals surface area contributed by atoms with Crippen molar-refractivity contribution in [1.82, 2.24) is 4.98 Å². The van der Waals surface area contributed by atoms with Gasteiger partial charge in [0.2, 0.25) is 0 Å². The van der Waals surface area contributed by atoms with Gasteiger partial charge in [-0.3, -0.25) is 0 Å². The molecule has 0 spiro atoms. The van der Waals surface area contributed by atoms with Crippen molar-refractivity contribution in [2.75, 3.05) is 6.61 Å². The van der Waals surface area contributed by atoms with Gasteiger partial charge in [0.25, 0.3) is 0 Å². The van der Waals surface area contributed by atoms with E-state index in [-0.39, 0.29) is 5.92 Å². The molecule has 0 radical (unpaired) electrons. The molecule has 0 unspecified atom stereocenters. The highest BCUT2D eigenvalue weighted by atomic mass is 35.5. The van der Waals surface area contributed by atoms with Crippen LogP contribution in [0.25, 0.3) is 21.8 Å². The van der Waals surface area contributed by atoms with E-state index < -0.39 is 4.33 Å². The molecule has 0 aliphatic heterocycles. The van der Waals surface area contributed by atoms with E-state index >= 15 is 0 Å². The van der Waals surface area contributed by atoms with E-state index in [9.17, 15) is 0 Å². The SMILES string of the molecule is ClC1(Cl)C[C@@H]1COc1ccc2c(c1)[nH]c1ccccc12. The number of hydrogen-bond acceptors (Lipinski definition) is 1. The topological polar surface area (TPSA) is 25.0 Å². The van der Waals surface area contributed by atoms with Crippen LogP contribution in [0.1, 0.15) is 6.42 Å². The monoisotopic (exact) mass is 305 g/mol. The molecule has 0 saturated heterocycles. The summed E-state index contributed by atoms with van der Waals surface area (Å²) in [6.07, 6.45) is 0.810. The fraction of sp³-hybridized carbons (Fsp3) is 0.250. The van der Waals surface area contributed by atoms with Crippen LogP contribution < -0.4 is 4.74 Å². The largest absolute Gasteiger partial charge is 0.493 e. The van der Waals surface area contributed by atoms with Crippen LogP contribution >= 0.6 is 23.2 Å². The maximum atomic E-state index is 6.00. The molecule has 1 aromatic heterocycles. The Kier molecular flexibility index (Phi) is 2.66. The van der Waals surface area contributed by atoms with Gasteiger partial charge in [-0.15, -0.1) is 23.2 Å². The number of ether oxygens (including phenoxy) is 1. The van der Waals surface area contributed by atoms with Gasteiger partial charge >= 0.3 is 0 Å². The fourth-order valence-electron chi connectivity index (χ4n) is 2.57. The molecule has 1 fully saturated rings.